The van der Waals surface area contributed by atoms with Gasteiger partial charge in [-0.15, -0.1) is 0 Å². The van der Waals surface area contributed by atoms with E-state index in [1.807, 2.05) is 6.92 Å². The number of hydrogen-bond acceptors (Lipinski definition) is 2. The van der Waals surface area contributed by atoms with Crippen LogP contribution >= 0.6 is 0 Å². The molecule has 1 aromatic heterocycles. The predicted octanol–water partition coefficient (Wildman–Crippen LogP) is 4.83. The highest BCUT2D eigenvalue weighted by Gasteiger charge is 2.25. The average molecular weight is 369 g/mol. The minimum absolute atomic E-state index is 0.469. The van der Waals surface area contributed by atoms with Crippen LogP contribution < -0.4 is 5.32 Å². The Kier molecular flexibility index (Phi) is 6.05. The van der Waals surface area contributed by atoms with Crippen molar-refractivity contribution in [2.24, 2.45) is 5.92 Å². The Labute approximate surface area is 162 Å². The third-order valence-electron chi connectivity index (χ3n) is 6.20. The van der Waals surface area contributed by atoms with E-state index in [9.17, 15) is 9.90 Å². The summed E-state index contributed by atoms with van der Waals surface area (Å²) in [7, 11) is 0. The summed E-state index contributed by atoms with van der Waals surface area (Å²) >= 11 is 0. The van der Waals surface area contributed by atoms with Gasteiger partial charge in [0.2, 0.25) is 0 Å². The Bertz CT molecular complexity index is 822. The molecular weight excluding hydrogens is 336 g/mol. The number of aromatic carboxylic acids is 1. The van der Waals surface area contributed by atoms with Gasteiger partial charge in [-0.3, -0.25) is 0 Å². The number of rotatable bonds is 6. The lowest BCUT2D eigenvalue weighted by atomic mass is 9.86. The quantitative estimate of drug-likeness (QED) is 0.768. The van der Waals surface area contributed by atoms with E-state index in [-0.39, 0.29) is 0 Å². The monoisotopic (exact) mass is 368 g/mol. The number of benzene rings is 1. The van der Waals surface area contributed by atoms with Crippen molar-refractivity contribution < 1.29 is 9.90 Å². The Morgan fingerprint density at radius 2 is 1.93 bits per heavy atom. The fourth-order valence-corrected chi connectivity index (χ4v) is 4.53. The largest absolute Gasteiger partial charge is 0.478 e. The molecule has 0 unspecified atom stereocenters. The molecule has 1 aromatic carbocycles. The molecule has 0 saturated heterocycles. The van der Waals surface area contributed by atoms with Gasteiger partial charge in [-0.1, -0.05) is 49.6 Å². The highest BCUT2D eigenvalue weighted by Crippen LogP contribution is 2.27. The minimum Gasteiger partial charge on any atom is -0.478 e. The molecule has 1 fully saturated rings. The second kappa shape index (κ2) is 8.30. The summed E-state index contributed by atoms with van der Waals surface area (Å²) in [6.07, 6.45) is 5.02. The molecule has 2 aromatic rings. The molecule has 1 aliphatic rings. The smallest absolute Gasteiger partial charge is 0.337 e. The third kappa shape index (κ3) is 4.27. The molecule has 1 saturated carbocycles. The molecule has 0 aliphatic heterocycles. The van der Waals surface area contributed by atoms with E-state index in [1.54, 1.807) is 0 Å². The highest BCUT2D eigenvalue weighted by atomic mass is 16.4. The topological polar surface area (TPSA) is 54.3 Å². The first-order valence-electron chi connectivity index (χ1n) is 10.1. The lowest BCUT2D eigenvalue weighted by molar-refractivity contribution is 0.0694. The SMILES string of the molecule is Cc1cccc(Cn2c(C)c(CN[C@H]3CCCC[C@H]3C)c(C(=O)O)c2C)c1. The van der Waals surface area contributed by atoms with Crippen LogP contribution in [0.3, 0.4) is 0 Å². The number of nitrogens with one attached hydrogen (secondary N) is 1. The molecular formula is C23H32N2O2. The van der Waals surface area contributed by atoms with E-state index in [0.717, 1.165) is 17.0 Å². The first-order chi connectivity index (χ1) is 12.9. The van der Waals surface area contributed by atoms with Gasteiger partial charge in [0, 0.05) is 36.1 Å². The normalized spacial score (nSPS) is 20.0. The molecule has 1 aliphatic carbocycles. The molecule has 4 heteroatoms. The van der Waals surface area contributed by atoms with Crippen LogP contribution in [0.5, 0.6) is 0 Å². The summed E-state index contributed by atoms with van der Waals surface area (Å²) in [5.41, 5.74) is 5.73. The molecule has 0 spiro atoms. The molecule has 2 N–H and O–H groups in total. The summed E-state index contributed by atoms with van der Waals surface area (Å²) in [6.45, 7) is 9.71. The van der Waals surface area contributed by atoms with Gasteiger partial charge < -0.3 is 15.0 Å². The van der Waals surface area contributed by atoms with Crippen LogP contribution in [0, 0.1) is 26.7 Å². The molecule has 0 radical (unpaired) electrons. The number of carboxylic acid groups (broad SMARTS) is 1. The molecule has 0 amide bonds. The van der Waals surface area contributed by atoms with Crippen molar-refractivity contribution in [2.45, 2.75) is 72.5 Å². The lowest BCUT2D eigenvalue weighted by Crippen LogP contribution is -2.37. The van der Waals surface area contributed by atoms with E-state index >= 15 is 0 Å². The summed E-state index contributed by atoms with van der Waals surface area (Å²) in [6, 6.07) is 8.90. The van der Waals surface area contributed by atoms with Crippen LogP contribution in [0.2, 0.25) is 0 Å². The minimum atomic E-state index is -0.827. The second-order valence-corrected chi connectivity index (χ2v) is 8.15. The van der Waals surface area contributed by atoms with Gasteiger partial charge in [0.05, 0.1) is 5.56 Å². The molecule has 0 bridgehead atoms. The van der Waals surface area contributed by atoms with Crippen LogP contribution in [0.25, 0.3) is 0 Å². The number of aromatic nitrogens is 1. The van der Waals surface area contributed by atoms with Crippen LogP contribution in [0.1, 0.15) is 71.0 Å². The van der Waals surface area contributed by atoms with Gasteiger partial charge >= 0.3 is 5.97 Å². The zero-order valence-corrected chi connectivity index (χ0v) is 17.0. The van der Waals surface area contributed by atoms with Gasteiger partial charge in [0.1, 0.15) is 0 Å². The molecule has 2 atom stereocenters. The molecule has 146 valence electrons. The lowest BCUT2D eigenvalue weighted by Gasteiger charge is -2.29. The van der Waals surface area contributed by atoms with Crippen LogP contribution in [-0.2, 0) is 13.1 Å². The summed E-state index contributed by atoms with van der Waals surface area (Å²) < 4.78 is 2.15. The zero-order chi connectivity index (χ0) is 19.6. The maximum absolute atomic E-state index is 12.0. The molecule has 4 nitrogen and oxygen atoms in total. The third-order valence-corrected chi connectivity index (χ3v) is 6.20. The predicted molar refractivity (Wildman–Crippen MR) is 109 cm³/mol. The number of aryl methyl sites for hydroxylation is 1. The van der Waals surface area contributed by atoms with Crippen molar-refractivity contribution in [3.05, 3.63) is 57.9 Å². The van der Waals surface area contributed by atoms with Gasteiger partial charge in [0.15, 0.2) is 0 Å². The van der Waals surface area contributed by atoms with E-state index in [1.165, 1.54) is 36.8 Å². The number of carbonyl (C=O) groups is 1. The van der Waals surface area contributed by atoms with E-state index in [2.05, 4.69) is 54.9 Å². The van der Waals surface area contributed by atoms with Crippen LogP contribution in [0.15, 0.2) is 24.3 Å². The first kappa shape index (κ1) is 19.7. The Morgan fingerprint density at radius 1 is 1.19 bits per heavy atom. The highest BCUT2D eigenvalue weighted by molar-refractivity contribution is 5.91. The van der Waals surface area contributed by atoms with Crippen molar-refractivity contribution in [3.8, 4) is 0 Å². The van der Waals surface area contributed by atoms with Crippen LogP contribution in [0.4, 0.5) is 0 Å². The standard InChI is InChI=1S/C23H32N2O2/c1-15-8-7-10-19(12-15)14-25-17(3)20(22(18(25)4)23(26)27)13-24-21-11-6-5-9-16(21)2/h7-8,10,12,16,21,24H,5-6,9,11,13-14H2,1-4H3,(H,26,27)/t16-,21+/m1/s1. The average Bonchev–Trinajstić information content (AvgIpc) is 2.85. The number of nitrogens with zero attached hydrogens (tertiary/aromatic N) is 1. The van der Waals surface area contributed by atoms with E-state index < -0.39 is 5.97 Å². The Balaban J connectivity index is 1.87. The van der Waals surface area contributed by atoms with E-state index in [0.29, 0.717) is 30.6 Å². The van der Waals surface area contributed by atoms with Crippen LogP contribution in [-0.4, -0.2) is 21.7 Å². The number of carboxylic acids is 1. The first-order valence-corrected chi connectivity index (χ1v) is 10.1. The number of hydrogen-bond donors (Lipinski definition) is 2. The van der Waals surface area contributed by atoms with Gasteiger partial charge in [-0.25, -0.2) is 4.79 Å². The fraction of sp³-hybridized carbons (Fsp3) is 0.522. The van der Waals surface area contributed by atoms with Crippen molar-refractivity contribution >= 4 is 5.97 Å². The maximum atomic E-state index is 12.0. The molecule has 27 heavy (non-hydrogen) atoms. The summed E-state index contributed by atoms with van der Waals surface area (Å²) in [4.78, 5) is 12.0. The van der Waals surface area contributed by atoms with Crippen molar-refractivity contribution in [3.63, 3.8) is 0 Å². The van der Waals surface area contributed by atoms with Crippen molar-refractivity contribution in [1.82, 2.24) is 9.88 Å². The maximum Gasteiger partial charge on any atom is 0.337 e. The van der Waals surface area contributed by atoms with Crippen molar-refractivity contribution in [2.75, 3.05) is 0 Å². The fourth-order valence-electron chi connectivity index (χ4n) is 4.53. The van der Waals surface area contributed by atoms with Gasteiger partial charge in [-0.2, -0.15) is 0 Å². The van der Waals surface area contributed by atoms with Crippen molar-refractivity contribution in [1.29, 1.82) is 0 Å². The zero-order valence-electron chi connectivity index (χ0n) is 17.0. The molecule has 1 heterocycles. The van der Waals surface area contributed by atoms with Gasteiger partial charge in [0.25, 0.3) is 0 Å². The van der Waals surface area contributed by atoms with E-state index in [4.69, 9.17) is 0 Å². The Hall–Kier alpha value is -2.07. The summed E-state index contributed by atoms with van der Waals surface area (Å²) in [5, 5.41) is 13.5. The van der Waals surface area contributed by atoms with Gasteiger partial charge in [-0.05, 0) is 45.1 Å². The molecule has 3 rings (SSSR count). The Morgan fingerprint density at radius 3 is 2.59 bits per heavy atom. The second-order valence-electron chi connectivity index (χ2n) is 8.15. The summed E-state index contributed by atoms with van der Waals surface area (Å²) in [5.74, 6) is -0.171.